The lowest BCUT2D eigenvalue weighted by Gasteiger charge is -2.42. The SMILES string of the molecule is CCC1(C(=O)O)CCCN(C(C)Cc2ccccc2F)C1. The van der Waals surface area contributed by atoms with Crippen LogP contribution in [0.15, 0.2) is 24.3 Å². The number of carboxylic acids is 1. The van der Waals surface area contributed by atoms with Gasteiger partial charge in [-0.3, -0.25) is 9.69 Å². The predicted molar refractivity (Wildman–Crippen MR) is 80.7 cm³/mol. The van der Waals surface area contributed by atoms with E-state index in [1.165, 1.54) is 6.07 Å². The molecular weight excluding hydrogens is 269 g/mol. The van der Waals surface area contributed by atoms with Gasteiger partial charge in [0.25, 0.3) is 0 Å². The van der Waals surface area contributed by atoms with Gasteiger partial charge >= 0.3 is 5.97 Å². The van der Waals surface area contributed by atoms with Crippen molar-refractivity contribution in [1.82, 2.24) is 4.90 Å². The lowest BCUT2D eigenvalue weighted by atomic mass is 9.77. The summed E-state index contributed by atoms with van der Waals surface area (Å²) in [4.78, 5) is 13.8. The zero-order chi connectivity index (χ0) is 15.5. The number of benzene rings is 1. The number of piperidine rings is 1. The van der Waals surface area contributed by atoms with Crippen LogP contribution in [0.5, 0.6) is 0 Å². The predicted octanol–water partition coefficient (Wildman–Crippen LogP) is 3.33. The number of nitrogens with zero attached hydrogens (tertiary/aromatic N) is 1. The summed E-state index contributed by atoms with van der Waals surface area (Å²) in [5, 5.41) is 9.54. The Balaban J connectivity index is 2.07. The molecule has 0 spiro atoms. The summed E-state index contributed by atoms with van der Waals surface area (Å²) in [7, 11) is 0. The molecule has 1 fully saturated rings. The molecule has 1 saturated heterocycles. The number of hydrogen-bond donors (Lipinski definition) is 1. The van der Waals surface area contributed by atoms with Crippen LogP contribution in [0.2, 0.25) is 0 Å². The van der Waals surface area contributed by atoms with Crippen molar-refractivity contribution in [3.63, 3.8) is 0 Å². The van der Waals surface area contributed by atoms with Crippen molar-refractivity contribution in [2.24, 2.45) is 5.41 Å². The third-order valence-corrected chi connectivity index (χ3v) is 4.83. The summed E-state index contributed by atoms with van der Waals surface area (Å²) in [5.41, 5.74) is 0.0647. The summed E-state index contributed by atoms with van der Waals surface area (Å²) in [6.07, 6.45) is 2.89. The highest BCUT2D eigenvalue weighted by Gasteiger charge is 2.41. The Morgan fingerprint density at radius 3 is 2.81 bits per heavy atom. The van der Waals surface area contributed by atoms with Crippen LogP contribution in [0.25, 0.3) is 0 Å². The van der Waals surface area contributed by atoms with Crippen LogP contribution in [0.1, 0.15) is 38.7 Å². The van der Waals surface area contributed by atoms with Crippen LogP contribution < -0.4 is 0 Å². The molecule has 0 bridgehead atoms. The van der Waals surface area contributed by atoms with Gasteiger partial charge < -0.3 is 5.11 Å². The van der Waals surface area contributed by atoms with E-state index in [0.29, 0.717) is 24.9 Å². The number of aliphatic carboxylic acids is 1. The van der Waals surface area contributed by atoms with Crippen LogP contribution in [-0.2, 0) is 11.2 Å². The molecule has 2 unspecified atom stereocenters. The third kappa shape index (κ3) is 3.43. The Morgan fingerprint density at radius 2 is 2.19 bits per heavy atom. The number of halogens is 1. The first kappa shape index (κ1) is 16.0. The standard InChI is InChI=1S/C17H24FNO2/c1-3-17(16(20)21)9-6-10-19(12-17)13(2)11-14-7-4-5-8-15(14)18/h4-5,7-8,13H,3,6,9-12H2,1-2H3,(H,20,21). The van der Waals surface area contributed by atoms with Gasteiger partial charge in [0.15, 0.2) is 0 Å². The maximum absolute atomic E-state index is 13.8. The third-order valence-electron chi connectivity index (χ3n) is 4.83. The van der Waals surface area contributed by atoms with Crippen molar-refractivity contribution in [2.45, 2.75) is 45.6 Å². The van der Waals surface area contributed by atoms with Gasteiger partial charge in [0.05, 0.1) is 5.41 Å². The second kappa shape index (κ2) is 6.56. The van der Waals surface area contributed by atoms with Crippen molar-refractivity contribution in [3.05, 3.63) is 35.6 Å². The highest BCUT2D eigenvalue weighted by molar-refractivity contribution is 5.75. The monoisotopic (exact) mass is 293 g/mol. The molecule has 1 N–H and O–H groups in total. The molecule has 1 aliphatic rings. The molecule has 0 saturated carbocycles. The van der Waals surface area contributed by atoms with Gasteiger partial charge in [-0.2, -0.15) is 0 Å². The molecule has 2 atom stereocenters. The van der Waals surface area contributed by atoms with Crippen LogP contribution in [0.4, 0.5) is 4.39 Å². The average molecular weight is 293 g/mol. The van der Waals surface area contributed by atoms with Gasteiger partial charge in [-0.15, -0.1) is 0 Å². The van der Waals surface area contributed by atoms with Gasteiger partial charge in [-0.25, -0.2) is 4.39 Å². The minimum absolute atomic E-state index is 0.146. The molecular formula is C17H24FNO2. The zero-order valence-electron chi connectivity index (χ0n) is 12.8. The fourth-order valence-corrected chi connectivity index (χ4v) is 3.27. The summed E-state index contributed by atoms with van der Waals surface area (Å²) in [6, 6.07) is 6.96. The van der Waals surface area contributed by atoms with Crippen molar-refractivity contribution in [1.29, 1.82) is 0 Å². The van der Waals surface area contributed by atoms with E-state index in [0.717, 1.165) is 19.4 Å². The maximum Gasteiger partial charge on any atom is 0.310 e. The second-order valence-electron chi connectivity index (χ2n) is 6.16. The highest BCUT2D eigenvalue weighted by Crippen LogP contribution is 2.34. The van der Waals surface area contributed by atoms with Crippen molar-refractivity contribution in [2.75, 3.05) is 13.1 Å². The Kier molecular flexibility index (Phi) is 4.99. The van der Waals surface area contributed by atoms with Gasteiger partial charge in [-0.05, 0) is 50.8 Å². The molecule has 1 aliphatic heterocycles. The van der Waals surface area contributed by atoms with Crippen molar-refractivity contribution >= 4 is 5.97 Å². The Bertz CT molecular complexity index is 505. The molecule has 0 aliphatic carbocycles. The fraction of sp³-hybridized carbons (Fsp3) is 0.588. The molecule has 3 nitrogen and oxygen atoms in total. The van der Waals surface area contributed by atoms with Crippen LogP contribution in [-0.4, -0.2) is 35.1 Å². The Morgan fingerprint density at radius 1 is 1.48 bits per heavy atom. The molecule has 1 heterocycles. The lowest BCUT2D eigenvalue weighted by Crippen LogP contribution is -2.50. The summed E-state index contributed by atoms with van der Waals surface area (Å²) in [6.45, 7) is 5.46. The summed E-state index contributed by atoms with van der Waals surface area (Å²) >= 11 is 0. The van der Waals surface area contributed by atoms with E-state index in [1.54, 1.807) is 12.1 Å². The Hall–Kier alpha value is -1.42. The van der Waals surface area contributed by atoms with Gasteiger partial charge in [0.2, 0.25) is 0 Å². The molecule has 116 valence electrons. The summed E-state index contributed by atoms with van der Waals surface area (Å²) < 4.78 is 13.8. The van der Waals surface area contributed by atoms with E-state index in [1.807, 2.05) is 13.0 Å². The number of rotatable bonds is 5. The first-order valence-electron chi connectivity index (χ1n) is 7.69. The van der Waals surface area contributed by atoms with Crippen molar-refractivity contribution < 1.29 is 14.3 Å². The van der Waals surface area contributed by atoms with Gasteiger partial charge in [0.1, 0.15) is 5.82 Å². The number of carboxylic acid groups (broad SMARTS) is 1. The minimum Gasteiger partial charge on any atom is -0.481 e. The molecule has 0 amide bonds. The van der Waals surface area contributed by atoms with E-state index in [-0.39, 0.29) is 11.9 Å². The van der Waals surface area contributed by atoms with Gasteiger partial charge in [0, 0.05) is 12.6 Å². The van der Waals surface area contributed by atoms with Crippen LogP contribution >= 0.6 is 0 Å². The zero-order valence-corrected chi connectivity index (χ0v) is 12.8. The van der Waals surface area contributed by atoms with E-state index in [9.17, 15) is 14.3 Å². The minimum atomic E-state index is -0.701. The Labute approximate surface area is 125 Å². The number of likely N-dealkylation sites (tertiary alicyclic amines) is 1. The smallest absolute Gasteiger partial charge is 0.310 e. The summed E-state index contributed by atoms with van der Waals surface area (Å²) in [5.74, 6) is -0.880. The molecule has 0 radical (unpaired) electrons. The first-order chi connectivity index (χ1) is 9.98. The topological polar surface area (TPSA) is 40.5 Å². The maximum atomic E-state index is 13.8. The van der Waals surface area contributed by atoms with E-state index in [4.69, 9.17) is 0 Å². The second-order valence-corrected chi connectivity index (χ2v) is 6.16. The van der Waals surface area contributed by atoms with Crippen LogP contribution in [0.3, 0.4) is 0 Å². The first-order valence-corrected chi connectivity index (χ1v) is 7.69. The lowest BCUT2D eigenvalue weighted by molar-refractivity contribution is -0.153. The fourth-order valence-electron chi connectivity index (χ4n) is 3.27. The largest absolute Gasteiger partial charge is 0.481 e. The van der Waals surface area contributed by atoms with Crippen molar-refractivity contribution in [3.8, 4) is 0 Å². The molecule has 21 heavy (non-hydrogen) atoms. The molecule has 1 aromatic carbocycles. The molecule has 2 rings (SSSR count). The molecule has 0 aromatic heterocycles. The average Bonchev–Trinajstić information content (AvgIpc) is 2.49. The van der Waals surface area contributed by atoms with E-state index < -0.39 is 11.4 Å². The highest BCUT2D eigenvalue weighted by atomic mass is 19.1. The quantitative estimate of drug-likeness (QED) is 0.905. The number of hydrogen-bond acceptors (Lipinski definition) is 2. The van der Waals surface area contributed by atoms with Crippen LogP contribution in [0, 0.1) is 11.2 Å². The molecule has 1 aromatic rings. The van der Waals surface area contributed by atoms with Gasteiger partial charge in [-0.1, -0.05) is 25.1 Å². The normalized spacial score (nSPS) is 24.7. The number of carbonyl (C=O) groups is 1. The van der Waals surface area contributed by atoms with E-state index >= 15 is 0 Å². The molecule has 4 heteroatoms. The van der Waals surface area contributed by atoms with E-state index in [2.05, 4.69) is 11.8 Å².